The Morgan fingerprint density at radius 2 is 2.00 bits per heavy atom. The first-order valence-corrected chi connectivity index (χ1v) is 7.31. The Balaban J connectivity index is 0.00000264. The highest BCUT2D eigenvalue weighted by Crippen LogP contribution is 2.17. The molecule has 1 aromatic rings. The van der Waals surface area contributed by atoms with Gasteiger partial charge in [-0.25, -0.2) is 0 Å². The number of amides is 1. The number of hydrogen-bond donors (Lipinski definition) is 1. The lowest BCUT2D eigenvalue weighted by molar-refractivity contribution is -0.141. The number of likely N-dealkylation sites (N-methyl/N-ethyl adjacent to an activating group) is 1. The van der Waals surface area contributed by atoms with Crippen molar-refractivity contribution in [3.8, 4) is 5.75 Å². The van der Waals surface area contributed by atoms with E-state index in [-0.39, 0.29) is 30.8 Å². The van der Waals surface area contributed by atoms with E-state index in [9.17, 15) is 9.59 Å². The third-order valence-electron chi connectivity index (χ3n) is 3.99. The molecule has 6 nitrogen and oxygen atoms in total. The van der Waals surface area contributed by atoms with Crippen molar-refractivity contribution in [2.24, 2.45) is 5.92 Å². The lowest BCUT2D eigenvalue weighted by atomic mass is 10.1. The molecule has 0 bridgehead atoms. The number of carbonyl (C=O) groups excluding carboxylic acids is 1. The number of halogens is 1. The highest BCUT2D eigenvalue weighted by molar-refractivity contribution is 5.85. The van der Waals surface area contributed by atoms with Crippen LogP contribution in [-0.4, -0.2) is 60.6 Å². The van der Waals surface area contributed by atoms with Crippen molar-refractivity contribution < 1.29 is 19.4 Å². The van der Waals surface area contributed by atoms with Gasteiger partial charge in [0.1, 0.15) is 5.75 Å². The molecule has 1 fully saturated rings. The number of methoxy groups -OCH3 is 1. The number of carbonyl (C=O) groups is 2. The van der Waals surface area contributed by atoms with Crippen LogP contribution in [0.1, 0.15) is 12.0 Å². The van der Waals surface area contributed by atoms with Crippen LogP contribution in [0.15, 0.2) is 24.3 Å². The molecular formula is C16H23ClN2O4. The predicted octanol–water partition coefficient (Wildman–Crippen LogP) is 1.48. The molecule has 23 heavy (non-hydrogen) atoms. The summed E-state index contributed by atoms with van der Waals surface area (Å²) in [5, 5.41) is 8.98. The maximum absolute atomic E-state index is 12.2. The Bertz CT molecular complexity index is 535. The summed E-state index contributed by atoms with van der Waals surface area (Å²) in [5.41, 5.74) is 1.03. The number of carboxylic acids is 1. The van der Waals surface area contributed by atoms with Crippen LogP contribution in [-0.2, 0) is 16.1 Å². The third-order valence-corrected chi connectivity index (χ3v) is 3.99. The first-order chi connectivity index (χ1) is 10.5. The molecule has 128 valence electrons. The van der Waals surface area contributed by atoms with Gasteiger partial charge in [-0.15, -0.1) is 12.4 Å². The first kappa shape index (κ1) is 19.3. The van der Waals surface area contributed by atoms with E-state index in [1.54, 1.807) is 19.1 Å². The number of likely N-dealkylation sites (tertiary alicyclic amines) is 1. The van der Waals surface area contributed by atoms with Gasteiger partial charge in [-0.05, 0) is 30.7 Å². The fourth-order valence-electron chi connectivity index (χ4n) is 2.58. The highest BCUT2D eigenvalue weighted by atomic mass is 35.5. The summed E-state index contributed by atoms with van der Waals surface area (Å²) in [4.78, 5) is 26.7. The highest BCUT2D eigenvalue weighted by Gasteiger charge is 2.29. The van der Waals surface area contributed by atoms with Gasteiger partial charge >= 0.3 is 5.97 Å². The van der Waals surface area contributed by atoms with E-state index < -0.39 is 5.97 Å². The van der Waals surface area contributed by atoms with Gasteiger partial charge in [0.2, 0.25) is 5.91 Å². The molecule has 0 spiro atoms. The van der Waals surface area contributed by atoms with Crippen molar-refractivity contribution in [3.05, 3.63) is 29.8 Å². The molecule has 1 N–H and O–H groups in total. The quantitative estimate of drug-likeness (QED) is 0.848. The average Bonchev–Trinajstić information content (AvgIpc) is 2.96. The number of carboxylic acid groups (broad SMARTS) is 1. The second-order valence-electron chi connectivity index (χ2n) is 5.66. The first-order valence-electron chi connectivity index (χ1n) is 7.31. The Morgan fingerprint density at radius 1 is 1.35 bits per heavy atom. The molecule has 1 amide bonds. The summed E-state index contributed by atoms with van der Waals surface area (Å²) in [5.74, 6) is -0.336. The second-order valence-corrected chi connectivity index (χ2v) is 5.66. The van der Waals surface area contributed by atoms with Crippen LogP contribution in [0.3, 0.4) is 0 Å². The predicted molar refractivity (Wildman–Crippen MR) is 88.9 cm³/mol. The number of rotatable bonds is 6. The molecular weight excluding hydrogens is 320 g/mol. The summed E-state index contributed by atoms with van der Waals surface area (Å²) in [6.45, 7) is 1.92. The summed E-state index contributed by atoms with van der Waals surface area (Å²) >= 11 is 0. The Kier molecular flexibility index (Phi) is 7.32. The number of benzene rings is 1. The van der Waals surface area contributed by atoms with Gasteiger partial charge < -0.3 is 14.7 Å². The summed E-state index contributed by atoms with van der Waals surface area (Å²) in [6.07, 6.45) is 0.616. The lowest BCUT2D eigenvalue weighted by Crippen LogP contribution is -2.37. The third kappa shape index (κ3) is 5.41. The standard InChI is InChI=1S/C16H22N2O4.ClH/c1-17(9-12-3-5-14(22-2)6-4-12)15(19)11-18-8-7-13(10-18)16(20)21;/h3-6,13H,7-11H2,1-2H3,(H,20,21);1H. The van der Waals surface area contributed by atoms with Crippen LogP contribution in [0.5, 0.6) is 5.75 Å². The topological polar surface area (TPSA) is 70.1 Å². The molecule has 1 aliphatic rings. The Morgan fingerprint density at radius 3 is 2.52 bits per heavy atom. The molecule has 1 aliphatic heterocycles. The van der Waals surface area contributed by atoms with Crippen molar-refractivity contribution in [3.63, 3.8) is 0 Å². The Labute approximate surface area is 142 Å². The maximum Gasteiger partial charge on any atom is 0.307 e. The van der Waals surface area contributed by atoms with Gasteiger partial charge in [-0.2, -0.15) is 0 Å². The van der Waals surface area contributed by atoms with E-state index in [4.69, 9.17) is 9.84 Å². The smallest absolute Gasteiger partial charge is 0.307 e. The van der Waals surface area contributed by atoms with Crippen LogP contribution >= 0.6 is 12.4 Å². The summed E-state index contributed by atoms with van der Waals surface area (Å²) in [6, 6.07) is 7.59. The fourth-order valence-corrected chi connectivity index (χ4v) is 2.58. The van der Waals surface area contributed by atoms with Crippen LogP contribution in [0.2, 0.25) is 0 Å². The molecule has 1 saturated heterocycles. The molecule has 0 saturated carbocycles. The van der Waals surface area contributed by atoms with Crippen LogP contribution in [0.4, 0.5) is 0 Å². The normalized spacial score (nSPS) is 17.4. The van der Waals surface area contributed by atoms with E-state index in [0.29, 0.717) is 26.1 Å². The van der Waals surface area contributed by atoms with Crippen LogP contribution < -0.4 is 4.74 Å². The number of nitrogens with zero attached hydrogens (tertiary/aromatic N) is 2. The van der Waals surface area contributed by atoms with E-state index in [1.165, 1.54) is 0 Å². The number of ether oxygens (including phenoxy) is 1. The molecule has 2 rings (SSSR count). The largest absolute Gasteiger partial charge is 0.497 e. The van der Waals surface area contributed by atoms with Crippen molar-refractivity contribution in [2.45, 2.75) is 13.0 Å². The second kappa shape index (κ2) is 8.74. The van der Waals surface area contributed by atoms with E-state index in [0.717, 1.165) is 11.3 Å². The molecule has 0 radical (unpaired) electrons. The molecule has 0 aromatic heterocycles. The van der Waals surface area contributed by atoms with E-state index in [2.05, 4.69) is 0 Å². The van der Waals surface area contributed by atoms with Crippen molar-refractivity contribution >= 4 is 24.3 Å². The van der Waals surface area contributed by atoms with Crippen molar-refractivity contribution in [2.75, 3.05) is 33.8 Å². The minimum Gasteiger partial charge on any atom is -0.497 e. The fraction of sp³-hybridized carbons (Fsp3) is 0.500. The van der Waals surface area contributed by atoms with E-state index >= 15 is 0 Å². The molecule has 0 aliphatic carbocycles. The minimum atomic E-state index is -0.776. The number of hydrogen-bond acceptors (Lipinski definition) is 4. The SMILES string of the molecule is COc1ccc(CN(C)C(=O)CN2CCC(C(=O)O)C2)cc1.Cl. The number of aliphatic carboxylic acids is 1. The van der Waals surface area contributed by atoms with Crippen LogP contribution in [0, 0.1) is 5.92 Å². The molecule has 1 unspecified atom stereocenters. The average molecular weight is 343 g/mol. The minimum absolute atomic E-state index is 0. The lowest BCUT2D eigenvalue weighted by Gasteiger charge is -2.21. The van der Waals surface area contributed by atoms with E-state index in [1.807, 2.05) is 29.2 Å². The van der Waals surface area contributed by atoms with Gasteiger partial charge in [0.05, 0.1) is 19.6 Å². The Hall–Kier alpha value is -1.79. The molecule has 1 atom stereocenters. The maximum atomic E-state index is 12.2. The van der Waals surface area contributed by atoms with Gasteiger partial charge in [-0.3, -0.25) is 14.5 Å². The molecule has 7 heteroatoms. The zero-order valence-electron chi connectivity index (χ0n) is 13.4. The van der Waals surface area contributed by atoms with Gasteiger partial charge in [0, 0.05) is 20.1 Å². The summed E-state index contributed by atoms with van der Waals surface area (Å²) in [7, 11) is 3.38. The summed E-state index contributed by atoms with van der Waals surface area (Å²) < 4.78 is 5.10. The molecule has 1 aromatic carbocycles. The van der Waals surface area contributed by atoms with Crippen LogP contribution in [0.25, 0.3) is 0 Å². The zero-order valence-corrected chi connectivity index (χ0v) is 14.2. The van der Waals surface area contributed by atoms with Crippen molar-refractivity contribution in [1.82, 2.24) is 9.80 Å². The molecule has 1 heterocycles. The monoisotopic (exact) mass is 342 g/mol. The van der Waals surface area contributed by atoms with Gasteiger partial charge in [-0.1, -0.05) is 12.1 Å². The van der Waals surface area contributed by atoms with Gasteiger partial charge in [0.15, 0.2) is 0 Å². The zero-order chi connectivity index (χ0) is 16.1. The van der Waals surface area contributed by atoms with Crippen molar-refractivity contribution in [1.29, 1.82) is 0 Å². The van der Waals surface area contributed by atoms with Gasteiger partial charge in [0.25, 0.3) is 0 Å².